The minimum Gasteiger partial charge on any atom is -0.406 e. The molecule has 0 amide bonds. The first kappa shape index (κ1) is 25.1. The van der Waals surface area contributed by atoms with E-state index in [4.69, 9.17) is 0 Å². The number of nitrogens with zero attached hydrogens (tertiary/aromatic N) is 1. The lowest BCUT2D eigenvalue weighted by atomic mass is 9.77. The largest absolute Gasteiger partial charge is 0.573 e. The van der Waals surface area contributed by atoms with Crippen molar-refractivity contribution in [2.75, 3.05) is 17.8 Å². The van der Waals surface area contributed by atoms with Crippen molar-refractivity contribution in [3.8, 4) is 5.75 Å². The van der Waals surface area contributed by atoms with Gasteiger partial charge >= 0.3 is 6.36 Å². The molecule has 3 aromatic rings. The van der Waals surface area contributed by atoms with E-state index in [1.165, 1.54) is 36.4 Å². The van der Waals surface area contributed by atoms with Gasteiger partial charge in [0, 0.05) is 24.7 Å². The summed E-state index contributed by atoms with van der Waals surface area (Å²) in [6.45, 7) is 1.01. The number of hydrogen-bond donors (Lipinski definition) is 1. The maximum Gasteiger partial charge on any atom is 0.573 e. The van der Waals surface area contributed by atoms with Gasteiger partial charge in [-0.3, -0.25) is 4.72 Å². The zero-order valence-corrected chi connectivity index (χ0v) is 19.3. The van der Waals surface area contributed by atoms with Crippen molar-refractivity contribution in [2.45, 2.75) is 25.1 Å². The van der Waals surface area contributed by atoms with E-state index in [0.29, 0.717) is 18.8 Å². The molecule has 4 nitrogen and oxygen atoms in total. The lowest BCUT2D eigenvalue weighted by Crippen LogP contribution is -2.41. The number of benzene rings is 3. The van der Waals surface area contributed by atoms with Gasteiger partial charge in [-0.2, -0.15) is 0 Å². The smallest absolute Gasteiger partial charge is 0.406 e. The highest BCUT2D eigenvalue weighted by molar-refractivity contribution is 7.84. The fourth-order valence-corrected chi connectivity index (χ4v) is 5.45. The number of ether oxygens (including phenoxy) is 1. The minimum atomic E-state index is -4.79. The van der Waals surface area contributed by atoms with Crippen LogP contribution in [-0.2, 0) is 11.2 Å². The first-order valence-corrected chi connectivity index (χ1v) is 12.1. The van der Waals surface area contributed by atoms with E-state index in [2.05, 4.69) is 9.46 Å². The van der Waals surface area contributed by atoms with Gasteiger partial charge < -0.3 is 4.74 Å². The quantitative estimate of drug-likeness (QED) is 0.374. The molecule has 0 spiro atoms. The Balaban J connectivity index is 1.49. The SMILES string of the molecule is O=S(Nc1ccc(OC(F)(F)F)cc1)N1CCC[C@H](C(c2ccc(F)cc2)c2ccc(F)cc2)C1. The van der Waals surface area contributed by atoms with E-state index in [1.54, 1.807) is 28.6 Å². The predicted molar refractivity (Wildman–Crippen MR) is 124 cm³/mol. The van der Waals surface area contributed by atoms with Crippen molar-refractivity contribution in [2.24, 2.45) is 5.92 Å². The van der Waals surface area contributed by atoms with Crippen LogP contribution >= 0.6 is 0 Å². The monoisotopic (exact) mass is 510 g/mol. The number of nitrogens with one attached hydrogen (secondary N) is 1. The molecule has 1 N–H and O–H groups in total. The summed E-state index contributed by atoms with van der Waals surface area (Å²) in [5, 5.41) is 0. The number of halogens is 5. The number of rotatable bonds is 7. The van der Waals surface area contributed by atoms with Gasteiger partial charge in [0.05, 0.1) is 0 Å². The topological polar surface area (TPSA) is 41.6 Å². The molecule has 0 aliphatic carbocycles. The second kappa shape index (κ2) is 10.7. The molecular weight excluding hydrogens is 487 g/mol. The zero-order valence-electron chi connectivity index (χ0n) is 18.5. The summed E-state index contributed by atoms with van der Waals surface area (Å²) >= 11 is -1.64. The second-order valence-electron chi connectivity index (χ2n) is 8.29. The molecule has 1 aliphatic heterocycles. The van der Waals surface area contributed by atoms with Crippen molar-refractivity contribution in [3.05, 3.63) is 95.6 Å². The summed E-state index contributed by atoms with van der Waals surface area (Å²) in [6, 6.07) is 17.4. The van der Waals surface area contributed by atoms with Crippen LogP contribution in [0.2, 0.25) is 0 Å². The van der Waals surface area contributed by atoms with Crippen LogP contribution in [0.1, 0.15) is 29.9 Å². The fraction of sp³-hybridized carbons (Fsp3) is 0.280. The van der Waals surface area contributed by atoms with Crippen LogP contribution in [0.4, 0.5) is 27.6 Å². The summed E-state index contributed by atoms with van der Waals surface area (Å²) < 4.78 is 85.6. The van der Waals surface area contributed by atoms with Crippen LogP contribution in [0.5, 0.6) is 5.75 Å². The molecule has 1 heterocycles. The fourth-order valence-electron chi connectivity index (χ4n) is 4.36. The lowest BCUT2D eigenvalue weighted by molar-refractivity contribution is -0.274. The molecule has 4 rings (SSSR count). The molecule has 10 heteroatoms. The third-order valence-corrected chi connectivity index (χ3v) is 7.09. The molecule has 1 aliphatic rings. The van der Waals surface area contributed by atoms with Crippen molar-refractivity contribution in [3.63, 3.8) is 0 Å². The standard InChI is InChI=1S/C25H23F5N2O2S/c26-20-7-3-17(4-8-20)24(18-5-9-21(27)10-6-18)19-2-1-15-32(16-19)35(33)31-22-11-13-23(14-12-22)34-25(28,29)30/h3-14,19,24,31H,1-2,15-16H2/t19-,35?/m0/s1. The van der Waals surface area contributed by atoms with E-state index >= 15 is 0 Å². The summed E-state index contributed by atoms with van der Waals surface area (Å²) in [7, 11) is 0. The van der Waals surface area contributed by atoms with Crippen molar-refractivity contribution in [1.82, 2.24) is 4.31 Å². The van der Waals surface area contributed by atoms with E-state index in [0.717, 1.165) is 36.1 Å². The van der Waals surface area contributed by atoms with Crippen LogP contribution in [0.25, 0.3) is 0 Å². The van der Waals surface area contributed by atoms with Gasteiger partial charge in [-0.15, -0.1) is 13.2 Å². The highest BCUT2D eigenvalue weighted by atomic mass is 32.2. The Bertz CT molecular complexity index is 1090. The van der Waals surface area contributed by atoms with Crippen LogP contribution < -0.4 is 9.46 Å². The maximum atomic E-state index is 13.6. The van der Waals surface area contributed by atoms with Gasteiger partial charge in [0.2, 0.25) is 0 Å². The molecule has 1 saturated heterocycles. The molecule has 0 aromatic heterocycles. The first-order valence-electron chi connectivity index (χ1n) is 11.0. The van der Waals surface area contributed by atoms with Crippen molar-refractivity contribution < 1.29 is 30.9 Å². The molecule has 2 atom stereocenters. The molecule has 0 saturated carbocycles. The van der Waals surface area contributed by atoms with Gasteiger partial charge in [0.25, 0.3) is 0 Å². The van der Waals surface area contributed by atoms with E-state index in [9.17, 15) is 26.2 Å². The van der Waals surface area contributed by atoms with Gasteiger partial charge in [-0.05, 0) is 78.4 Å². The van der Waals surface area contributed by atoms with Crippen molar-refractivity contribution >= 4 is 16.9 Å². The normalized spacial score (nSPS) is 17.8. The number of anilines is 1. The van der Waals surface area contributed by atoms with Gasteiger partial charge in [0.15, 0.2) is 11.2 Å². The van der Waals surface area contributed by atoms with E-state index in [-0.39, 0.29) is 29.2 Å². The molecule has 0 bridgehead atoms. The van der Waals surface area contributed by atoms with Gasteiger partial charge in [-0.25, -0.2) is 17.3 Å². The Hall–Kier alpha value is -2.98. The third kappa shape index (κ3) is 6.79. The Morgan fingerprint density at radius 3 is 1.94 bits per heavy atom. The van der Waals surface area contributed by atoms with E-state index < -0.39 is 17.5 Å². The Labute approximate surface area is 202 Å². The number of piperidine rings is 1. The number of alkyl halides is 3. The zero-order chi connectivity index (χ0) is 25.0. The molecule has 186 valence electrons. The van der Waals surface area contributed by atoms with Crippen LogP contribution in [-0.4, -0.2) is 28.0 Å². The Kier molecular flexibility index (Phi) is 7.71. The molecule has 0 radical (unpaired) electrons. The molecule has 35 heavy (non-hydrogen) atoms. The molecule has 1 fully saturated rings. The van der Waals surface area contributed by atoms with Crippen LogP contribution in [0.3, 0.4) is 0 Å². The third-order valence-electron chi connectivity index (χ3n) is 5.88. The average molecular weight is 511 g/mol. The summed E-state index contributed by atoms with van der Waals surface area (Å²) in [5.41, 5.74) is 2.14. The highest BCUT2D eigenvalue weighted by Crippen LogP contribution is 2.38. The van der Waals surface area contributed by atoms with Gasteiger partial charge in [0.1, 0.15) is 17.4 Å². The maximum absolute atomic E-state index is 13.6. The van der Waals surface area contributed by atoms with Crippen LogP contribution in [0.15, 0.2) is 72.8 Å². The van der Waals surface area contributed by atoms with Crippen molar-refractivity contribution in [1.29, 1.82) is 0 Å². The second-order valence-corrected chi connectivity index (χ2v) is 9.51. The van der Waals surface area contributed by atoms with E-state index in [1.807, 2.05) is 0 Å². The summed E-state index contributed by atoms with van der Waals surface area (Å²) in [6.07, 6.45) is -3.20. The average Bonchev–Trinajstić information content (AvgIpc) is 2.82. The lowest BCUT2D eigenvalue weighted by Gasteiger charge is -2.36. The highest BCUT2D eigenvalue weighted by Gasteiger charge is 2.32. The van der Waals surface area contributed by atoms with Gasteiger partial charge in [-0.1, -0.05) is 24.3 Å². The molecular formula is C25H23F5N2O2S. The first-order chi connectivity index (χ1) is 16.7. The molecule has 1 unspecified atom stereocenters. The summed E-state index contributed by atoms with van der Waals surface area (Å²) in [4.78, 5) is 0. The number of hydrogen-bond acceptors (Lipinski definition) is 2. The Morgan fingerprint density at radius 2 is 1.43 bits per heavy atom. The minimum absolute atomic E-state index is 0.0213. The summed E-state index contributed by atoms with van der Waals surface area (Å²) in [5.74, 6) is -1.21. The van der Waals surface area contributed by atoms with Crippen LogP contribution in [0, 0.1) is 17.6 Å². The predicted octanol–water partition coefficient (Wildman–Crippen LogP) is 6.40. The Morgan fingerprint density at radius 1 is 0.886 bits per heavy atom. The molecule has 3 aromatic carbocycles.